The zero-order chi connectivity index (χ0) is 12.3. The van der Waals surface area contributed by atoms with E-state index in [1.54, 1.807) is 0 Å². The Labute approximate surface area is 104 Å². The van der Waals surface area contributed by atoms with Crippen molar-refractivity contribution >= 4 is 0 Å². The van der Waals surface area contributed by atoms with Crippen LogP contribution in [0.5, 0.6) is 0 Å². The van der Waals surface area contributed by atoms with E-state index in [4.69, 9.17) is 0 Å². The van der Waals surface area contributed by atoms with Crippen LogP contribution in [0.15, 0.2) is 0 Å². The molecule has 0 saturated heterocycles. The molecule has 0 spiro atoms. The van der Waals surface area contributed by atoms with Gasteiger partial charge in [0.2, 0.25) is 0 Å². The van der Waals surface area contributed by atoms with Gasteiger partial charge in [-0.2, -0.15) is 0 Å². The van der Waals surface area contributed by atoms with Crippen molar-refractivity contribution in [3.05, 3.63) is 0 Å². The van der Waals surface area contributed by atoms with Gasteiger partial charge in [-0.1, -0.05) is 33.6 Å². The van der Waals surface area contributed by atoms with Gasteiger partial charge in [0.15, 0.2) is 0 Å². The van der Waals surface area contributed by atoms with Crippen LogP contribution in [0.25, 0.3) is 0 Å². The molecule has 0 radical (unpaired) electrons. The average Bonchev–Trinajstić information content (AvgIpc) is 2.29. The highest BCUT2D eigenvalue weighted by Crippen LogP contribution is 2.14. The molecule has 0 bridgehead atoms. The van der Waals surface area contributed by atoms with E-state index in [-0.39, 0.29) is 0 Å². The Morgan fingerprint density at radius 2 is 1.06 bits per heavy atom. The third-order valence-electron chi connectivity index (χ3n) is 3.84. The lowest BCUT2D eigenvalue weighted by Gasteiger charge is -2.38. The predicted octanol–water partition coefficient (Wildman–Crippen LogP) is 4.61. The first kappa shape index (κ1) is 16.0. The van der Waals surface area contributed by atoms with Crippen LogP contribution in [0.2, 0.25) is 0 Å². The molecule has 1 nitrogen and oxygen atoms in total. The van der Waals surface area contributed by atoms with Crippen LogP contribution in [-0.4, -0.2) is 30.7 Å². The van der Waals surface area contributed by atoms with Crippen molar-refractivity contribution in [2.45, 2.75) is 72.6 Å². The summed E-state index contributed by atoms with van der Waals surface area (Å²) >= 11 is 0. The lowest BCUT2D eigenvalue weighted by molar-refractivity contribution is -0.927. The van der Waals surface area contributed by atoms with Crippen molar-refractivity contribution in [2.24, 2.45) is 0 Å². The molecule has 0 aromatic carbocycles. The van der Waals surface area contributed by atoms with E-state index in [1.165, 1.54) is 75.6 Å². The maximum Gasteiger partial charge on any atom is 0.0786 e. The molecule has 0 N–H and O–H groups in total. The van der Waals surface area contributed by atoms with Gasteiger partial charge >= 0.3 is 0 Å². The summed E-state index contributed by atoms with van der Waals surface area (Å²) in [5.74, 6) is 0. The third-order valence-corrected chi connectivity index (χ3v) is 3.84. The minimum absolute atomic E-state index is 1.33. The molecule has 0 aliphatic rings. The fourth-order valence-electron chi connectivity index (χ4n) is 2.68. The fourth-order valence-corrected chi connectivity index (χ4v) is 2.68. The summed E-state index contributed by atoms with van der Waals surface area (Å²) in [6.45, 7) is 14.9. The van der Waals surface area contributed by atoms with Gasteiger partial charge in [0, 0.05) is 0 Å². The second-order valence-electron chi connectivity index (χ2n) is 5.24. The van der Waals surface area contributed by atoms with Gasteiger partial charge in [-0.25, -0.2) is 0 Å². The molecular weight excluding hydrogens is 194 g/mol. The normalized spacial score (nSPS) is 12.0. The second-order valence-corrected chi connectivity index (χ2v) is 5.24. The van der Waals surface area contributed by atoms with E-state index in [1.807, 2.05) is 0 Å². The summed E-state index contributed by atoms with van der Waals surface area (Å²) in [5, 5.41) is 0. The molecule has 0 unspecified atom stereocenters. The largest absolute Gasteiger partial charge is 0.324 e. The van der Waals surface area contributed by atoms with Crippen LogP contribution in [0.4, 0.5) is 0 Å². The summed E-state index contributed by atoms with van der Waals surface area (Å²) in [6.07, 6.45) is 9.73. The molecule has 0 rings (SSSR count). The Balaban J connectivity index is 4.09. The maximum atomic E-state index is 2.38. The van der Waals surface area contributed by atoms with Gasteiger partial charge in [-0.05, 0) is 39.0 Å². The number of rotatable bonds is 11. The van der Waals surface area contributed by atoms with Crippen LogP contribution in [0.3, 0.4) is 0 Å². The zero-order valence-corrected chi connectivity index (χ0v) is 12.2. The van der Waals surface area contributed by atoms with Gasteiger partial charge in [-0.15, -0.1) is 0 Å². The molecule has 0 saturated carbocycles. The minimum Gasteiger partial charge on any atom is -0.324 e. The van der Waals surface area contributed by atoms with Gasteiger partial charge in [0.05, 0.1) is 26.2 Å². The number of hydrogen-bond donors (Lipinski definition) is 0. The first-order valence-electron chi connectivity index (χ1n) is 7.59. The van der Waals surface area contributed by atoms with E-state index in [0.717, 1.165) is 0 Å². The topological polar surface area (TPSA) is 0 Å². The van der Waals surface area contributed by atoms with E-state index < -0.39 is 0 Å². The quantitative estimate of drug-likeness (QED) is 0.358. The zero-order valence-electron chi connectivity index (χ0n) is 12.2. The number of unbranched alkanes of at least 4 members (excludes halogenated alkanes) is 4. The Morgan fingerprint density at radius 3 is 1.38 bits per heavy atom. The molecule has 0 amide bonds. The standard InChI is InChI=1S/C15H34N/c1-5-9-11-14-16(8-4,13-7-3)15-12-10-6-2/h5-15H2,1-4H3/q+1. The summed E-state index contributed by atoms with van der Waals surface area (Å²) in [6, 6.07) is 0. The van der Waals surface area contributed by atoms with Gasteiger partial charge in [-0.3, -0.25) is 0 Å². The van der Waals surface area contributed by atoms with E-state index in [9.17, 15) is 0 Å². The first-order chi connectivity index (χ1) is 7.74. The monoisotopic (exact) mass is 228 g/mol. The summed E-state index contributed by atoms with van der Waals surface area (Å²) < 4.78 is 1.39. The van der Waals surface area contributed by atoms with E-state index >= 15 is 0 Å². The van der Waals surface area contributed by atoms with Crippen molar-refractivity contribution in [3.63, 3.8) is 0 Å². The number of quaternary nitrogens is 1. The van der Waals surface area contributed by atoms with Gasteiger partial charge < -0.3 is 4.48 Å². The highest BCUT2D eigenvalue weighted by atomic mass is 15.3. The van der Waals surface area contributed by atoms with Crippen LogP contribution < -0.4 is 0 Å². The molecule has 0 fully saturated rings. The molecule has 0 heterocycles. The van der Waals surface area contributed by atoms with E-state index in [0.29, 0.717) is 0 Å². The Morgan fingerprint density at radius 1 is 0.562 bits per heavy atom. The van der Waals surface area contributed by atoms with Crippen molar-refractivity contribution in [3.8, 4) is 0 Å². The van der Waals surface area contributed by atoms with Crippen molar-refractivity contribution in [1.82, 2.24) is 0 Å². The summed E-state index contributed by atoms with van der Waals surface area (Å²) in [5.41, 5.74) is 0. The van der Waals surface area contributed by atoms with E-state index in [2.05, 4.69) is 27.7 Å². The van der Waals surface area contributed by atoms with Crippen LogP contribution in [-0.2, 0) is 0 Å². The van der Waals surface area contributed by atoms with Gasteiger partial charge in [0.1, 0.15) is 0 Å². The van der Waals surface area contributed by atoms with Crippen LogP contribution >= 0.6 is 0 Å². The number of nitrogens with zero attached hydrogens (tertiary/aromatic N) is 1. The number of hydrogen-bond acceptors (Lipinski definition) is 0. The average molecular weight is 228 g/mol. The Bertz CT molecular complexity index is 132. The second kappa shape index (κ2) is 10.1. The lowest BCUT2D eigenvalue weighted by Crippen LogP contribution is -2.49. The van der Waals surface area contributed by atoms with Crippen molar-refractivity contribution < 1.29 is 4.48 Å². The fraction of sp³-hybridized carbons (Fsp3) is 1.00. The molecule has 0 atom stereocenters. The SMILES string of the molecule is CCCCC[N+](CC)(CCC)CCCCC. The maximum absolute atomic E-state index is 2.38. The molecular formula is C15H34N+. The first-order valence-corrected chi connectivity index (χ1v) is 7.59. The third kappa shape index (κ3) is 6.52. The van der Waals surface area contributed by atoms with Crippen LogP contribution in [0.1, 0.15) is 72.6 Å². The molecule has 98 valence electrons. The molecule has 1 heteroatoms. The molecule has 0 aromatic rings. The molecule has 16 heavy (non-hydrogen) atoms. The van der Waals surface area contributed by atoms with Gasteiger partial charge in [0.25, 0.3) is 0 Å². The highest BCUT2D eigenvalue weighted by Gasteiger charge is 2.22. The summed E-state index contributed by atoms with van der Waals surface area (Å²) in [7, 11) is 0. The Hall–Kier alpha value is -0.0400. The van der Waals surface area contributed by atoms with Crippen molar-refractivity contribution in [2.75, 3.05) is 26.2 Å². The molecule has 0 aliphatic heterocycles. The predicted molar refractivity (Wildman–Crippen MR) is 74.7 cm³/mol. The Kier molecular flexibility index (Phi) is 10.1. The minimum atomic E-state index is 1.33. The summed E-state index contributed by atoms with van der Waals surface area (Å²) in [4.78, 5) is 0. The lowest BCUT2D eigenvalue weighted by atomic mass is 10.1. The molecule has 0 aromatic heterocycles. The molecule has 0 aliphatic carbocycles. The van der Waals surface area contributed by atoms with Crippen molar-refractivity contribution in [1.29, 1.82) is 0 Å². The van der Waals surface area contributed by atoms with Crippen LogP contribution in [0, 0.1) is 0 Å². The smallest absolute Gasteiger partial charge is 0.0786 e. The highest BCUT2D eigenvalue weighted by molar-refractivity contribution is 4.47.